The normalized spacial score (nSPS) is 10.4. The average molecular weight is 305 g/mol. The van der Waals surface area contributed by atoms with E-state index >= 15 is 0 Å². The molecule has 2 rings (SSSR count). The molecule has 5 nitrogen and oxygen atoms in total. The number of aromatic nitrogens is 3. The van der Waals surface area contributed by atoms with Crippen LogP contribution in [0.2, 0.25) is 0 Å². The summed E-state index contributed by atoms with van der Waals surface area (Å²) in [6.07, 6.45) is 5.26. The predicted octanol–water partition coefficient (Wildman–Crippen LogP) is 2.00. The largest absolute Gasteiger partial charge is 0.393 e. The minimum atomic E-state index is -0.427. The fraction of sp³-hybridized carbons (Fsp3) is 0.286. The smallest absolute Gasteiger partial charge is 0.186 e. The van der Waals surface area contributed by atoms with Gasteiger partial charge in [0.2, 0.25) is 0 Å². The van der Waals surface area contributed by atoms with Crippen molar-refractivity contribution in [1.82, 2.24) is 15.0 Å². The van der Waals surface area contributed by atoms with E-state index in [2.05, 4.69) is 15.0 Å². The maximum Gasteiger partial charge on any atom is 0.186 e. The van der Waals surface area contributed by atoms with E-state index in [1.54, 1.807) is 24.2 Å². The molecule has 0 aliphatic heterocycles. The number of halogens is 1. The summed E-state index contributed by atoms with van der Waals surface area (Å²) in [5.74, 6) is -0.174. The number of hydrogen-bond acceptors (Lipinski definition) is 5. The molecule has 7 heteroatoms. The lowest BCUT2D eigenvalue weighted by molar-refractivity contribution is 0.589. The molecule has 0 bridgehead atoms. The topological polar surface area (TPSA) is 67.9 Å². The van der Waals surface area contributed by atoms with Crippen LogP contribution in [0.15, 0.2) is 30.9 Å². The maximum atomic E-state index is 14.2. The fourth-order valence-corrected chi connectivity index (χ4v) is 1.97. The van der Waals surface area contributed by atoms with Gasteiger partial charge in [-0.3, -0.25) is 4.98 Å². The Morgan fingerprint density at radius 3 is 2.90 bits per heavy atom. The Labute approximate surface area is 128 Å². The lowest BCUT2D eigenvalue weighted by Crippen LogP contribution is -2.29. The van der Waals surface area contributed by atoms with Crippen LogP contribution in [-0.2, 0) is 6.54 Å². The van der Waals surface area contributed by atoms with Crippen molar-refractivity contribution in [2.45, 2.75) is 19.9 Å². The Balaban J connectivity index is 2.27. The van der Waals surface area contributed by atoms with Crippen molar-refractivity contribution in [1.29, 1.82) is 0 Å². The van der Waals surface area contributed by atoms with E-state index in [0.717, 1.165) is 5.56 Å². The summed E-state index contributed by atoms with van der Waals surface area (Å²) in [5.41, 5.74) is 6.81. The summed E-state index contributed by atoms with van der Waals surface area (Å²) in [4.78, 5) is 14.1. The Bertz CT molecular complexity index is 620. The molecule has 0 radical (unpaired) electrons. The van der Waals surface area contributed by atoms with Gasteiger partial charge in [0.05, 0.1) is 10.7 Å². The Morgan fingerprint density at radius 2 is 2.24 bits per heavy atom. The highest BCUT2D eigenvalue weighted by molar-refractivity contribution is 7.80. The number of anilines is 1. The minimum absolute atomic E-state index is 0.252. The second-order valence-corrected chi connectivity index (χ2v) is 5.12. The van der Waals surface area contributed by atoms with Gasteiger partial charge in [-0.1, -0.05) is 18.3 Å². The molecular weight excluding hydrogens is 289 g/mol. The monoisotopic (exact) mass is 305 g/mol. The van der Waals surface area contributed by atoms with Crippen LogP contribution in [-0.4, -0.2) is 26.5 Å². The van der Waals surface area contributed by atoms with Gasteiger partial charge >= 0.3 is 0 Å². The predicted molar refractivity (Wildman–Crippen MR) is 83.4 cm³/mol. The SMILES string of the molecule is Cc1ncnc(N(CCC(N)=S)Cc2cccnc2)c1F. The highest BCUT2D eigenvalue weighted by atomic mass is 32.1. The van der Waals surface area contributed by atoms with Crippen molar-refractivity contribution in [3.05, 3.63) is 47.9 Å². The van der Waals surface area contributed by atoms with Gasteiger partial charge < -0.3 is 10.6 Å². The number of thiocarbonyl (C=S) groups is 1. The molecule has 2 heterocycles. The van der Waals surface area contributed by atoms with E-state index in [-0.39, 0.29) is 5.82 Å². The third-order valence-corrected chi connectivity index (χ3v) is 3.17. The first-order valence-electron chi connectivity index (χ1n) is 6.47. The molecule has 0 atom stereocenters. The lowest BCUT2D eigenvalue weighted by Gasteiger charge is -2.24. The average Bonchev–Trinajstić information content (AvgIpc) is 2.47. The molecule has 110 valence electrons. The van der Waals surface area contributed by atoms with Gasteiger partial charge in [-0.15, -0.1) is 0 Å². The Hall–Kier alpha value is -2.15. The standard InChI is InChI=1S/C14H16FN5S/c1-10-13(15)14(19-9-18-10)20(6-4-12(16)21)8-11-3-2-5-17-7-11/h2-3,5,7,9H,4,6,8H2,1H3,(H2,16,21). The van der Waals surface area contributed by atoms with Crippen LogP contribution in [0, 0.1) is 12.7 Å². The number of aryl methyl sites for hydroxylation is 1. The van der Waals surface area contributed by atoms with Gasteiger partial charge in [-0.25, -0.2) is 14.4 Å². The summed E-state index contributed by atoms with van der Waals surface area (Å²) in [5, 5.41) is 0. The Kier molecular flexibility index (Phi) is 5.10. The quantitative estimate of drug-likeness (QED) is 0.823. The molecule has 2 N–H and O–H groups in total. The Morgan fingerprint density at radius 1 is 1.43 bits per heavy atom. The van der Waals surface area contributed by atoms with Gasteiger partial charge in [0, 0.05) is 31.9 Å². The molecule has 0 aliphatic carbocycles. The van der Waals surface area contributed by atoms with Crippen molar-refractivity contribution < 1.29 is 4.39 Å². The van der Waals surface area contributed by atoms with Crippen LogP contribution in [0.5, 0.6) is 0 Å². The minimum Gasteiger partial charge on any atom is -0.393 e. The van der Waals surface area contributed by atoms with Gasteiger partial charge in [0.25, 0.3) is 0 Å². The zero-order valence-corrected chi connectivity index (χ0v) is 12.5. The number of nitrogens with zero attached hydrogens (tertiary/aromatic N) is 4. The summed E-state index contributed by atoms with van der Waals surface area (Å²) in [7, 11) is 0. The molecule has 0 saturated heterocycles. The third kappa shape index (κ3) is 4.16. The molecule has 0 aliphatic rings. The number of pyridine rings is 1. The van der Waals surface area contributed by atoms with E-state index < -0.39 is 5.82 Å². The van der Waals surface area contributed by atoms with Gasteiger partial charge in [0.15, 0.2) is 11.6 Å². The highest BCUT2D eigenvalue weighted by Gasteiger charge is 2.16. The molecule has 0 unspecified atom stereocenters. The second-order valence-electron chi connectivity index (χ2n) is 4.60. The molecule has 0 saturated carbocycles. The zero-order valence-electron chi connectivity index (χ0n) is 11.7. The molecule has 0 aromatic carbocycles. The number of hydrogen-bond donors (Lipinski definition) is 1. The van der Waals surface area contributed by atoms with E-state index in [9.17, 15) is 4.39 Å². The van der Waals surface area contributed by atoms with Gasteiger partial charge in [-0.2, -0.15) is 0 Å². The van der Waals surface area contributed by atoms with Gasteiger partial charge in [-0.05, 0) is 18.6 Å². The summed E-state index contributed by atoms with van der Waals surface area (Å²) < 4.78 is 14.2. The van der Waals surface area contributed by atoms with E-state index in [1.165, 1.54) is 6.33 Å². The molecular formula is C14H16FN5S. The van der Waals surface area contributed by atoms with E-state index in [4.69, 9.17) is 18.0 Å². The first-order valence-corrected chi connectivity index (χ1v) is 6.88. The van der Waals surface area contributed by atoms with Crippen LogP contribution < -0.4 is 10.6 Å². The second kappa shape index (κ2) is 7.03. The van der Waals surface area contributed by atoms with Gasteiger partial charge in [0.1, 0.15) is 6.33 Å². The number of rotatable bonds is 6. The first kappa shape index (κ1) is 15.2. The van der Waals surface area contributed by atoms with E-state index in [0.29, 0.717) is 30.2 Å². The first-order chi connectivity index (χ1) is 10.1. The third-order valence-electron chi connectivity index (χ3n) is 2.97. The van der Waals surface area contributed by atoms with Crippen molar-refractivity contribution in [3.8, 4) is 0 Å². The number of nitrogens with two attached hydrogens (primary N) is 1. The molecule has 21 heavy (non-hydrogen) atoms. The molecule has 2 aromatic heterocycles. The highest BCUT2D eigenvalue weighted by Crippen LogP contribution is 2.19. The summed E-state index contributed by atoms with van der Waals surface area (Å²) >= 11 is 4.90. The van der Waals surface area contributed by atoms with Crippen molar-refractivity contribution in [2.75, 3.05) is 11.4 Å². The zero-order chi connectivity index (χ0) is 15.2. The molecule has 0 fully saturated rings. The van der Waals surface area contributed by atoms with E-state index in [1.807, 2.05) is 12.1 Å². The van der Waals surface area contributed by atoms with Crippen LogP contribution in [0.3, 0.4) is 0 Å². The van der Waals surface area contributed by atoms with Crippen molar-refractivity contribution in [3.63, 3.8) is 0 Å². The van der Waals surface area contributed by atoms with Crippen LogP contribution >= 0.6 is 12.2 Å². The maximum absolute atomic E-state index is 14.2. The van der Waals surface area contributed by atoms with Crippen LogP contribution in [0.25, 0.3) is 0 Å². The molecule has 0 amide bonds. The molecule has 2 aromatic rings. The lowest BCUT2D eigenvalue weighted by atomic mass is 10.2. The van der Waals surface area contributed by atoms with Crippen LogP contribution in [0.1, 0.15) is 17.7 Å². The summed E-state index contributed by atoms with van der Waals surface area (Å²) in [6.45, 7) is 2.57. The molecule has 0 spiro atoms. The van der Waals surface area contributed by atoms with Crippen molar-refractivity contribution >= 4 is 23.0 Å². The fourth-order valence-electron chi connectivity index (χ4n) is 1.88. The summed E-state index contributed by atoms with van der Waals surface area (Å²) in [6, 6.07) is 3.76. The van der Waals surface area contributed by atoms with Crippen LogP contribution in [0.4, 0.5) is 10.2 Å². The van der Waals surface area contributed by atoms with Crippen molar-refractivity contribution in [2.24, 2.45) is 5.73 Å².